The molecule has 0 amide bonds. The summed E-state index contributed by atoms with van der Waals surface area (Å²) in [5.41, 5.74) is 0. The van der Waals surface area contributed by atoms with Crippen molar-refractivity contribution in [2.75, 3.05) is 19.3 Å². The van der Waals surface area contributed by atoms with Gasteiger partial charge in [0, 0.05) is 6.17 Å². The zero-order valence-corrected chi connectivity index (χ0v) is 18.3. The van der Waals surface area contributed by atoms with Crippen molar-refractivity contribution in [1.82, 2.24) is 4.90 Å². The fourth-order valence-corrected chi connectivity index (χ4v) is 10.6. The molecular formula is C25H29NSSi. The highest BCUT2D eigenvalue weighted by Gasteiger charge is 2.42. The summed E-state index contributed by atoms with van der Waals surface area (Å²) in [5.74, 6) is 0. The highest BCUT2D eigenvalue weighted by Crippen LogP contribution is 2.15. The first-order valence-electron chi connectivity index (χ1n) is 10.4. The lowest BCUT2D eigenvalue weighted by atomic mass is 10.1. The Bertz CT molecular complexity index is 771. The van der Waals surface area contributed by atoms with Gasteiger partial charge < -0.3 is 4.90 Å². The van der Waals surface area contributed by atoms with Gasteiger partial charge in [0.1, 0.15) is 21.6 Å². The van der Waals surface area contributed by atoms with Crippen LogP contribution in [0, 0.1) is 5.25 Å². The molecule has 0 N–H and O–H groups in total. The van der Waals surface area contributed by atoms with Gasteiger partial charge in [-0.3, -0.25) is 0 Å². The Morgan fingerprint density at radius 1 is 0.821 bits per heavy atom. The van der Waals surface area contributed by atoms with E-state index >= 15 is 0 Å². The number of piperidine rings is 1. The Morgan fingerprint density at radius 2 is 1.39 bits per heavy atom. The topological polar surface area (TPSA) is 3.24 Å². The lowest BCUT2D eigenvalue weighted by Gasteiger charge is -2.35. The summed E-state index contributed by atoms with van der Waals surface area (Å²) in [6.07, 6.45) is 15.4. The Balaban J connectivity index is 1.78. The van der Waals surface area contributed by atoms with Gasteiger partial charge >= 0.3 is 0 Å². The summed E-state index contributed by atoms with van der Waals surface area (Å²) in [6.45, 7) is 2.48. The summed E-state index contributed by atoms with van der Waals surface area (Å²) in [5, 5.41) is 4.39. The third-order valence-electron chi connectivity index (χ3n) is 5.73. The van der Waals surface area contributed by atoms with Gasteiger partial charge in [-0.2, -0.15) is 12.2 Å². The lowest BCUT2D eigenvalue weighted by molar-refractivity contribution is 0.261. The highest BCUT2D eigenvalue weighted by molar-refractivity contribution is 7.85. The maximum Gasteiger partial charge on any atom is 0.224 e. The van der Waals surface area contributed by atoms with Crippen LogP contribution in [0.3, 0.4) is 0 Å². The number of rotatable bonds is 6. The van der Waals surface area contributed by atoms with Crippen LogP contribution in [-0.2, 0) is 11.4 Å². The van der Waals surface area contributed by atoms with Crippen LogP contribution in [0.25, 0.3) is 0 Å². The molecule has 28 heavy (non-hydrogen) atoms. The van der Waals surface area contributed by atoms with E-state index in [-0.39, 0.29) is 0 Å². The minimum absolute atomic E-state index is 1.05. The van der Waals surface area contributed by atoms with Crippen LogP contribution < -0.4 is 10.4 Å². The highest BCUT2D eigenvalue weighted by atomic mass is 32.1. The molecule has 144 valence electrons. The number of hydrogen-bond acceptors (Lipinski definition) is 1. The van der Waals surface area contributed by atoms with Gasteiger partial charge in [0.25, 0.3) is 0 Å². The Labute approximate surface area is 174 Å². The second-order valence-corrected chi connectivity index (χ2v) is 12.8. The second-order valence-electron chi connectivity index (χ2n) is 7.72. The quantitative estimate of drug-likeness (QED) is 0.307. The van der Waals surface area contributed by atoms with Crippen molar-refractivity contribution >= 4 is 34.8 Å². The molecule has 1 nitrogen and oxygen atoms in total. The van der Waals surface area contributed by atoms with Crippen molar-refractivity contribution in [2.24, 2.45) is 0 Å². The summed E-state index contributed by atoms with van der Waals surface area (Å²) >= 11 is 1.94. The maximum absolute atomic E-state index is 2.73. The van der Waals surface area contributed by atoms with Crippen LogP contribution >= 0.6 is 0 Å². The molecule has 2 aromatic rings. The normalized spacial score (nSPS) is 18.1. The average Bonchev–Trinajstić information content (AvgIpc) is 2.79. The minimum Gasteiger partial charge on any atom is -0.305 e. The van der Waals surface area contributed by atoms with Crippen LogP contribution in [0.2, 0.25) is 0 Å². The number of allylic oxidation sites excluding steroid dienone is 2. The molecule has 1 aliphatic heterocycles. The van der Waals surface area contributed by atoms with Crippen LogP contribution in [0.1, 0.15) is 25.7 Å². The van der Waals surface area contributed by atoms with Gasteiger partial charge in [-0.15, -0.1) is 18.6 Å². The van der Waals surface area contributed by atoms with E-state index in [2.05, 4.69) is 94.9 Å². The molecule has 0 bridgehead atoms. The first-order chi connectivity index (χ1) is 13.9. The summed E-state index contributed by atoms with van der Waals surface area (Å²) in [4.78, 5) is 5.35. The van der Waals surface area contributed by atoms with E-state index in [9.17, 15) is 0 Å². The summed E-state index contributed by atoms with van der Waals surface area (Å²) in [7, 11) is -2.04. The molecule has 1 heterocycles. The average molecular weight is 404 g/mol. The fraction of sp³-hybridized carbons (Fsp3) is 0.280. The minimum atomic E-state index is -2.04. The lowest BCUT2D eigenvalue weighted by Crippen LogP contribution is -2.67. The van der Waals surface area contributed by atoms with Crippen LogP contribution in [-0.4, -0.2) is 37.2 Å². The number of hydrogen-bond donors (Lipinski definition) is 0. The van der Waals surface area contributed by atoms with Crippen LogP contribution in [0.5, 0.6) is 0 Å². The fourth-order valence-electron chi connectivity index (χ4n) is 4.21. The summed E-state index contributed by atoms with van der Waals surface area (Å²) in [6, 6.07) is 22.6. The van der Waals surface area contributed by atoms with Gasteiger partial charge in [-0.1, -0.05) is 67.1 Å². The van der Waals surface area contributed by atoms with E-state index in [1.807, 2.05) is 11.4 Å². The van der Waals surface area contributed by atoms with E-state index < -0.39 is 8.07 Å². The SMILES string of the molecule is C1=C[C-]([S+]=C[Si](CN2CCCCC2)(c2ccccc2)c2ccccc2)C=CC1. The Kier molecular flexibility index (Phi) is 6.58. The van der Waals surface area contributed by atoms with Crippen molar-refractivity contribution in [1.29, 1.82) is 0 Å². The number of benzene rings is 2. The third kappa shape index (κ3) is 4.54. The molecule has 0 radical (unpaired) electrons. The third-order valence-corrected chi connectivity index (χ3v) is 12.0. The zero-order chi connectivity index (χ0) is 19.1. The first-order valence-corrected chi connectivity index (χ1v) is 13.6. The van der Waals surface area contributed by atoms with E-state index in [1.54, 1.807) is 0 Å². The van der Waals surface area contributed by atoms with Gasteiger partial charge in [-0.05, 0) is 36.3 Å². The standard InChI is InChI=1S/C25H29NSSi/c1-5-13-23(14-6-1)27-22-28(24-15-7-2-8-16-24,25-17-9-3-10-18-25)21-26-19-11-4-12-20-26/h2-3,5-10,13-18,22H,1,4,11-12,19-21H2. The summed E-state index contributed by atoms with van der Waals surface area (Å²) < 4.78 is 0. The predicted octanol–water partition coefficient (Wildman–Crippen LogP) is 3.75. The van der Waals surface area contributed by atoms with Crippen molar-refractivity contribution in [2.45, 2.75) is 25.7 Å². The Hall–Kier alpha value is -1.94. The van der Waals surface area contributed by atoms with E-state index in [0.717, 1.165) is 6.42 Å². The molecule has 0 spiro atoms. The molecule has 0 unspecified atom stereocenters. The second kappa shape index (κ2) is 9.51. The van der Waals surface area contributed by atoms with Crippen molar-refractivity contribution in [3.63, 3.8) is 0 Å². The zero-order valence-electron chi connectivity index (χ0n) is 16.5. The predicted molar refractivity (Wildman–Crippen MR) is 128 cm³/mol. The van der Waals surface area contributed by atoms with E-state index in [0.29, 0.717) is 0 Å². The number of likely N-dealkylation sites (tertiary alicyclic amines) is 1. The Morgan fingerprint density at radius 3 is 1.96 bits per heavy atom. The molecule has 0 saturated carbocycles. The number of nitrogens with zero attached hydrogens (tertiary/aromatic N) is 1. The molecule has 0 aromatic heterocycles. The molecule has 0 atom stereocenters. The van der Waals surface area contributed by atoms with Crippen molar-refractivity contribution in [3.8, 4) is 0 Å². The molecule has 1 aliphatic carbocycles. The molecule has 2 aromatic carbocycles. The molecule has 1 saturated heterocycles. The molecule has 3 heteroatoms. The van der Waals surface area contributed by atoms with Crippen molar-refractivity contribution < 1.29 is 0 Å². The van der Waals surface area contributed by atoms with Crippen LogP contribution in [0.15, 0.2) is 85.0 Å². The monoisotopic (exact) mass is 403 g/mol. The molecule has 2 aliphatic rings. The van der Waals surface area contributed by atoms with E-state index in [4.69, 9.17) is 0 Å². The molecular weight excluding hydrogens is 374 g/mol. The maximum atomic E-state index is 2.73. The largest absolute Gasteiger partial charge is 0.305 e. The van der Waals surface area contributed by atoms with Gasteiger partial charge in [0.2, 0.25) is 8.07 Å². The molecule has 4 rings (SSSR count). The van der Waals surface area contributed by atoms with Crippen LogP contribution in [0.4, 0.5) is 0 Å². The molecule has 1 fully saturated rings. The van der Waals surface area contributed by atoms with Gasteiger partial charge in [0.15, 0.2) is 0 Å². The smallest absolute Gasteiger partial charge is 0.224 e. The van der Waals surface area contributed by atoms with Gasteiger partial charge in [0.05, 0.1) is 0 Å². The van der Waals surface area contributed by atoms with Gasteiger partial charge in [-0.25, -0.2) is 0 Å². The van der Waals surface area contributed by atoms with Crippen molar-refractivity contribution in [3.05, 3.63) is 90.2 Å². The first kappa shape index (κ1) is 19.4. The van der Waals surface area contributed by atoms with E-state index in [1.165, 1.54) is 54.1 Å².